The lowest BCUT2D eigenvalue weighted by Gasteiger charge is -2.06. The van der Waals surface area contributed by atoms with Crippen LogP contribution in [0, 0.1) is 0 Å². The molecule has 92 valence electrons. The first-order chi connectivity index (χ1) is 8.04. The molecule has 0 atom stereocenters. The minimum atomic E-state index is -1.08. The van der Waals surface area contributed by atoms with Gasteiger partial charge in [-0.2, -0.15) is 0 Å². The van der Waals surface area contributed by atoms with Gasteiger partial charge in [-0.3, -0.25) is 4.79 Å². The van der Waals surface area contributed by atoms with Gasteiger partial charge in [0.15, 0.2) is 4.84 Å². The molecule has 0 unspecified atom stereocenters. The third-order valence-corrected chi connectivity index (χ3v) is 2.44. The summed E-state index contributed by atoms with van der Waals surface area (Å²) in [6.45, 7) is 0.302. The average Bonchev–Trinajstić information content (AvgIpc) is 2.35. The highest BCUT2D eigenvalue weighted by Gasteiger charge is 2.10. The summed E-state index contributed by atoms with van der Waals surface area (Å²) in [6.07, 6.45) is 0. The lowest BCUT2D eigenvalue weighted by atomic mass is 10.1. The fourth-order valence-corrected chi connectivity index (χ4v) is 1.30. The number of hydrogen-bond acceptors (Lipinski definition) is 3. The van der Waals surface area contributed by atoms with Gasteiger partial charge in [0.2, 0.25) is 0 Å². The molecule has 0 aliphatic carbocycles. The molecule has 0 aromatic heterocycles. The van der Waals surface area contributed by atoms with E-state index >= 15 is 0 Å². The number of benzene rings is 1. The number of nitrogens with one attached hydrogen (secondary N) is 1. The molecule has 1 amide bonds. The third-order valence-electron chi connectivity index (χ3n) is 2.04. The van der Waals surface area contributed by atoms with Gasteiger partial charge < -0.3 is 10.1 Å². The number of esters is 1. The molecule has 1 aromatic carbocycles. The number of carbonyl (C=O) groups is 2. The molecule has 0 heterocycles. The summed E-state index contributed by atoms with van der Waals surface area (Å²) in [4.78, 5) is 21.2. The van der Waals surface area contributed by atoms with Gasteiger partial charge >= 0.3 is 5.97 Å². The van der Waals surface area contributed by atoms with E-state index in [4.69, 9.17) is 23.2 Å². The highest BCUT2D eigenvalue weighted by Crippen LogP contribution is 2.06. The summed E-state index contributed by atoms with van der Waals surface area (Å²) < 4.78 is 4.56. The Morgan fingerprint density at radius 3 is 2.35 bits per heavy atom. The molecule has 0 radical (unpaired) electrons. The lowest BCUT2D eigenvalue weighted by Crippen LogP contribution is -2.27. The molecule has 1 aromatic rings. The van der Waals surface area contributed by atoms with E-state index in [2.05, 4.69) is 10.1 Å². The smallest absolute Gasteiger partial charge is 0.337 e. The Hall–Kier alpha value is -1.26. The lowest BCUT2D eigenvalue weighted by molar-refractivity contribution is -0.119. The van der Waals surface area contributed by atoms with Crippen LogP contribution in [0.25, 0.3) is 0 Å². The molecule has 0 spiro atoms. The van der Waals surface area contributed by atoms with Crippen molar-refractivity contribution in [2.75, 3.05) is 7.11 Å². The zero-order chi connectivity index (χ0) is 12.8. The van der Waals surface area contributed by atoms with E-state index in [9.17, 15) is 9.59 Å². The molecule has 0 aliphatic heterocycles. The zero-order valence-corrected chi connectivity index (χ0v) is 10.6. The van der Waals surface area contributed by atoms with Crippen LogP contribution in [0.1, 0.15) is 15.9 Å². The molecule has 0 aliphatic rings. The highest BCUT2D eigenvalue weighted by atomic mass is 35.5. The molecule has 4 nitrogen and oxygen atoms in total. The van der Waals surface area contributed by atoms with Crippen molar-refractivity contribution in [3.63, 3.8) is 0 Å². The van der Waals surface area contributed by atoms with Gasteiger partial charge in [0.1, 0.15) is 0 Å². The predicted octanol–water partition coefficient (Wildman–Crippen LogP) is 1.89. The topological polar surface area (TPSA) is 55.4 Å². The summed E-state index contributed by atoms with van der Waals surface area (Å²) in [6, 6.07) is 6.66. The second kappa shape index (κ2) is 6.47. The van der Waals surface area contributed by atoms with Gasteiger partial charge in [-0.15, -0.1) is 0 Å². The van der Waals surface area contributed by atoms with Gasteiger partial charge in [-0.1, -0.05) is 35.3 Å². The van der Waals surface area contributed by atoms with Crippen LogP contribution in [-0.2, 0) is 16.1 Å². The minimum absolute atomic E-state index is 0.302. The Bertz CT molecular complexity index is 404. The van der Waals surface area contributed by atoms with Gasteiger partial charge in [-0.25, -0.2) is 4.79 Å². The van der Waals surface area contributed by atoms with Gasteiger partial charge in [0, 0.05) is 6.54 Å². The quantitative estimate of drug-likeness (QED) is 0.675. The minimum Gasteiger partial charge on any atom is -0.465 e. The largest absolute Gasteiger partial charge is 0.465 e. The van der Waals surface area contributed by atoms with Crippen molar-refractivity contribution < 1.29 is 14.3 Å². The van der Waals surface area contributed by atoms with E-state index < -0.39 is 16.7 Å². The van der Waals surface area contributed by atoms with Crippen LogP contribution in [0.4, 0.5) is 0 Å². The molecular weight excluding hydrogens is 265 g/mol. The van der Waals surface area contributed by atoms with Crippen LogP contribution in [0.3, 0.4) is 0 Å². The summed E-state index contributed by atoms with van der Waals surface area (Å²) in [5.74, 6) is -0.854. The molecule has 1 N–H and O–H groups in total. The Labute approximate surface area is 109 Å². The molecule has 0 bridgehead atoms. The first kappa shape index (κ1) is 13.8. The van der Waals surface area contributed by atoms with E-state index in [1.165, 1.54) is 7.11 Å². The number of halogens is 2. The monoisotopic (exact) mass is 275 g/mol. The second-order valence-electron chi connectivity index (χ2n) is 3.21. The molecule has 0 fully saturated rings. The van der Waals surface area contributed by atoms with Crippen molar-refractivity contribution in [2.45, 2.75) is 11.4 Å². The normalized spacial score (nSPS) is 10.1. The van der Waals surface area contributed by atoms with Gasteiger partial charge in [-0.05, 0) is 17.7 Å². The number of rotatable bonds is 4. The average molecular weight is 276 g/mol. The molecule has 0 saturated heterocycles. The van der Waals surface area contributed by atoms with Crippen molar-refractivity contribution >= 4 is 35.1 Å². The first-order valence-electron chi connectivity index (χ1n) is 4.77. The first-order valence-corrected chi connectivity index (χ1v) is 5.65. The van der Waals surface area contributed by atoms with Gasteiger partial charge in [0.25, 0.3) is 5.91 Å². The van der Waals surface area contributed by atoms with Crippen molar-refractivity contribution in [3.05, 3.63) is 35.4 Å². The zero-order valence-electron chi connectivity index (χ0n) is 9.07. The maximum absolute atomic E-state index is 11.2. The van der Waals surface area contributed by atoms with Crippen molar-refractivity contribution in [2.24, 2.45) is 0 Å². The molecular formula is C11H11Cl2NO3. The molecule has 0 saturated carbocycles. The third kappa shape index (κ3) is 4.24. The Balaban J connectivity index is 2.57. The Kier molecular flexibility index (Phi) is 5.25. The van der Waals surface area contributed by atoms with E-state index in [1.54, 1.807) is 24.3 Å². The number of carbonyl (C=O) groups excluding carboxylic acids is 2. The van der Waals surface area contributed by atoms with Crippen LogP contribution < -0.4 is 5.32 Å². The summed E-state index contributed by atoms with van der Waals surface area (Å²) in [7, 11) is 1.32. The highest BCUT2D eigenvalue weighted by molar-refractivity contribution is 6.53. The van der Waals surface area contributed by atoms with Gasteiger partial charge in [0.05, 0.1) is 12.7 Å². The van der Waals surface area contributed by atoms with E-state index in [-0.39, 0.29) is 0 Å². The summed E-state index contributed by atoms with van der Waals surface area (Å²) in [5.41, 5.74) is 1.29. The van der Waals surface area contributed by atoms with Crippen LogP contribution in [0.15, 0.2) is 24.3 Å². The number of ether oxygens (including phenoxy) is 1. The standard InChI is InChI=1S/C11H11Cl2NO3/c1-17-11(16)8-4-2-7(3-5-8)6-14-10(15)9(12)13/h2-5,9H,6H2,1H3,(H,14,15). The van der Waals surface area contributed by atoms with Crippen molar-refractivity contribution in [1.82, 2.24) is 5.32 Å². The molecule has 17 heavy (non-hydrogen) atoms. The van der Waals surface area contributed by atoms with Crippen LogP contribution in [-0.4, -0.2) is 23.8 Å². The van der Waals surface area contributed by atoms with E-state index in [0.29, 0.717) is 12.1 Å². The van der Waals surface area contributed by atoms with Crippen molar-refractivity contribution in [1.29, 1.82) is 0 Å². The SMILES string of the molecule is COC(=O)c1ccc(CNC(=O)C(Cl)Cl)cc1. The summed E-state index contributed by atoms with van der Waals surface area (Å²) >= 11 is 10.7. The van der Waals surface area contributed by atoms with E-state index in [0.717, 1.165) is 5.56 Å². The Morgan fingerprint density at radius 1 is 1.29 bits per heavy atom. The maximum atomic E-state index is 11.2. The number of methoxy groups -OCH3 is 1. The molecule has 6 heteroatoms. The fourth-order valence-electron chi connectivity index (χ4n) is 1.14. The predicted molar refractivity (Wildman–Crippen MR) is 65.1 cm³/mol. The molecule has 1 rings (SSSR count). The van der Waals surface area contributed by atoms with E-state index in [1.807, 2.05) is 0 Å². The van der Waals surface area contributed by atoms with Crippen LogP contribution in [0.5, 0.6) is 0 Å². The van der Waals surface area contributed by atoms with Crippen LogP contribution in [0.2, 0.25) is 0 Å². The fraction of sp³-hybridized carbons (Fsp3) is 0.273. The maximum Gasteiger partial charge on any atom is 0.337 e. The van der Waals surface area contributed by atoms with Crippen LogP contribution >= 0.6 is 23.2 Å². The Morgan fingerprint density at radius 2 is 1.88 bits per heavy atom. The second-order valence-corrected chi connectivity index (χ2v) is 4.30. The summed E-state index contributed by atoms with van der Waals surface area (Å²) in [5, 5.41) is 2.54. The number of hydrogen-bond donors (Lipinski definition) is 1. The number of alkyl halides is 2. The van der Waals surface area contributed by atoms with Crippen molar-refractivity contribution in [3.8, 4) is 0 Å². The number of amides is 1.